The second-order valence-electron chi connectivity index (χ2n) is 7.78. The van der Waals surface area contributed by atoms with E-state index in [1.807, 2.05) is 57.2 Å². The Morgan fingerprint density at radius 1 is 1.03 bits per heavy atom. The molecule has 3 aromatic rings. The van der Waals surface area contributed by atoms with Gasteiger partial charge in [0, 0.05) is 5.56 Å². The quantitative estimate of drug-likeness (QED) is 0.431. The number of hydrogen-bond donors (Lipinski definition) is 2. The fourth-order valence-corrected chi connectivity index (χ4v) is 5.04. The number of carbonyl (C=O) groups is 1. The predicted molar refractivity (Wildman–Crippen MR) is 132 cm³/mol. The summed E-state index contributed by atoms with van der Waals surface area (Å²) in [5, 5.41) is 3.00. The van der Waals surface area contributed by atoms with Crippen LogP contribution in [0.5, 0.6) is 5.75 Å². The molecule has 0 saturated carbocycles. The third-order valence-corrected chi connectivity index (χ3v) is 7.20. The molecule has 0 fully saturated rings. The summed E-state index contributed by atoms with van der Waals surface area (Å²) in [7, 11) is -2.42. The molecule has 0 aliphatic rings. The molecule has 0 aliphatic carbocycles. The molecule has 0 spiro atoms. The number of rotatable bonds is 8. The number of ether oxygens (including phenoxy) is 1. The Morgan fingerprint density at radius 2 is 1.73 bits per heavy atom. The van der Waals surface area contributed by atoms with E-state index < -0.39 is 15.9 Å². The first-order chi connectivity index (χ1) is 15.6. The van der Waals surface area contributed by atoms with Crippen LogP contribution in [0.1, 0.15) is 46.4 Å². The van der Waals surface area contributed by atoms with Gasteiger partial charge in [0.2, 0.25) is 0 Å². The van der Waals surface area contributed by atoms with Crippen molar-refractivity contribution < 1.29 is 17.9 Å². The Balaban J connectivity index is 1.86. The van der Waals surface area contributed by atoms with Gasteiger partial charge in [0.05, 0.1) is 23.9 Å². The lowest BCUT2D eigenvalue weighted by molar-refractivity contribution is 0.0935. The summed E-state index contributed by atoms with van der Waals surface area (Å²) in [6, 6.07) is 16.9. The van der Waals surface area contributed by atoms with Gasteiger partial charge in [-0.25, -0.2) is 8.42 Å². The van der Waals surface area contributed by atoms with E-state index in [-0.39, 0.29) is 21.5 Å². The van der Waals surface area contributed by atoms with Crippen LogP contribution in [-0.2, 0) is 10.0 Å². The molecule has 0 aliphatic heterocycles. The first-order valence-corrected chi connectivity index (χ1v) is 12.3. The molecule has 0 radical (unpaired) electrons. The van der Waals surface area contributed by atoms with Crippen molar-refractivity contribution in [3.8, 4) is 5.75 Å². The van der Waals surface area contributed by atoms with E-state index in [1.54, 1.807) is 13.2 Å². The van der Waals surface area contributed by atoms with E-state index in [1.165, 1.54) is 18.2 Å². The molecule has 0 saturated heterocycles. The maximum absolute atomic E-state index is 13.1. The molecule has 8 heteroatoms. The van der Waals surface area contributed by atoms with Crippen LogP contribution in [0.2, 0.25) is 5.02 Å². The van der Waals surface area contributed by atoms with E-state index >= 15 is 0 Å². The average Bonchev–Trinajstić information content (AvgIpc) is 2.79. The van der Waals surface area contributed by atoms with Crippen molar-refractivity contribution in [2.24, 2.45) is 0 Å². The van der Waals surface area contributed by atoms with Gasteiger partial charge in [0.1, 0.15) is 10.6 Å². The van der Waals surface area contributed by atoms with Gasteiger partial charge >= 0.3 is 0 Å². The monoisotopic (exact) mass is 486 g/mol. The fourth-order valence-electron chi connectivity index (χ4n) is 3.39. The van der Waals surface area contributed by atoms with Crippen LogP contribution in [0.15, 0.2) is 65.6 Å². The van der Waals surface area contributed by atoms with Crippen LogP contribution in [0, 0.1) is 13.8 Å². The number of amides is 1. The highest BCUT2D eigenvalue weighted by Crippen LogP contribution is 2.27. The summed E-state index contributed by atoms with van der Waals surface area (Å²) in [4.78, 5) is 12.8. The van der Waals surface area contributed by atoms with Crippen molar-refractivity contribution >= 4 is 33.2 Å². The summed E-state index contributed by atoms with van der Waals surface area (Å²) < 4.78 is 33.9. The SMILES string of the molecule is CC[C@H](NC(=O)c1ccc(Cl)c(S(=O)(=O)Nc2cc(C)ccc2C)c1)c1ccc(OC)cc1. The van der Waals surface area contributed by atoms with E-state index in [0.29, 0.717) is 12.1 Å². The number of halogens is 1. The van der Waals surface area contributed by atoms with Crippen LogP contribution in [0.3, 0.4) is 0 Å². The van der Waals surface area contributed by atoms with Crippen molar-refractivity contribution in [3.05, 3.63) is 87.9 Å². The van der Waals surface area contributed by atoms with E-state index in [4.69, 9.17) is 16.3 Å². The summed E-state index contributed by atoms with van der Waals surface area (Å²) in [5.41, 5.74) is 3.28. The number of benzene rings is 3. The third-order valence-electron chi connectivity index (χ3n) is 5.35. The minimum absolute atomic E-state index is 0.0338. The molecule has 6 nitrogen and oxygen atoms in total. The largest absolute Gasteiger partial charge is 0.497 e. The minimum atomic E-state index is -4.01. The van der Waals surface area contributed by atoms with E-state index in [2.05, 4.69) is 10.0 Å². The fraction of sp³-hybridized carbons (Fsp3) is 0.240. The Morgan fingerprint density at radius 3 is 2.36 bits per heavy atom. The number of methoxy groups -OCH3 is 1. The molecule has 0 heterocycles. The van der Waals surface area contributed by atoms with Gasteiger partial charge in [-0.1, -0.05) is 42.8 Å². The highest BCUT2D eigenvalue weighted by atomic mass is 35.5. The number of sulfonamides is 1. The van der Waals surface area contributed by atoms with Crippen LogP contribution in [-0.4, -0.2) is 21.4 Å². The molecule has 3 aromatic carbocycles. The zero-order valence-corrected chi connectivity index (χ0v) is 20.5. The van der Waals surface area contributed by atoms with Crippen molar-refractivity contribution in [1.82, 2.24) is 5.32 Å². The van der Waals surface area contributed by atoms with Crippen molar-refractivity contribution in [2.45, 2.75) is 38.1 Å². The molecule has 3 rings (SSSR count). The smallest absolute Gasteiger partial charge is 0.263 e. The van der Waals surface area contributed by atoms with Crippen LogP contribution in [0.4, 0.5) is 5.69 Å². The van der Waals surface area contributed by atoms with Gasteiger partial charge < -0.3 is 10.1 Å². The lowest BCUT2D eigenvalue weighted by atomic mass is 10.0. The standard InChI is InChI=1S/C25H27ClN2O4S/c1-5-22(18-8-11-20(32-4)12-9-18)27-25(29)19-10-13-21(26)24(15-19)33(30,31)28-23-14-16(2)6-7-17(23)3/h6-15,22,28H,5H2,1-4H3,(H,27,29)/t22-/m0/s1. The van der Waals surface area contributed by atoms with Crippen molar-refractivity contribution in [1.29, 1.82) is 0 Å². The average molecular weight is 487 g/mol. The Hall–Kier alpha value is -3.03. The lowest BCUT2D eigenvalue weighted by Crippen LogP contribution is -2.28. The Bertz CT molecular complexity index is 1260. The summed E-state index contributed by atoms with van der Waals surface area (Å²) in [5.74, 6) is 0.335. The Kier molecular flexibility index (Phi) is 7.66. The molecular formula is C25H27ClN2O4S. The van der Waals surface area contributed by atoms with Gasteiger partial charge in [-0.05, 0) is 73.4 Å². The molecule has 0 aromatic heterocycles. The molecule has 33 heavy (non-hydrogen) atoms. The zero-order valence-electron chi connectivity index (χ0n) is 19.0. The normalized spacial score (nSPS) is 12.2. The third kappa shape index (κ3) is 5.86. The van der Waals surface area contributed by atoms with E-state index in [0.717, 1.165) is 22.4 Å². The Labute approximate surface area is 200 Å². The van der Waals surface area contributed by atoms with Gasteiger partial charge in [-0.3, -0.25) is 9.52 Å². The van der Waals surface area contributed by atoms with Crippen LogP contribution in [0.25, 0.3) is 0 Å². The van der Waals surface area contributed by atoms with Gasteiger partial charge in [0.15, 0.2) is 0 Å². The molecule has 1 atom stereocenters. The topological polar surface area (TPSA) is 84.5 Å². The minimum Gasteiger partial charge on any atom is -0.497 e. The summed E-state index contributed by atoms with van der Waals surface area (Å²) in [6.07, 6.45) is 0.658. The second-order valence-corrected chi connectivity index (χ2v) is 9.83. The number of hydrogen-bond acceptors (Lipinski definition) is 4. The summed E-state index contributed by atoms with van der Waals surface area (Å²) in [6.45, 7) is 5.65. The number of aryl methyl sites for hydroxylation is 2. The van der Waals surface area contributed by atoms with Gasteiger partial charge in [-0.2, -0.15) is 0 Å². The molecule has 1 amide bonds. The summed E-state index contributed by atoms with van der Waals surface area (Å²) >= 11 is 6.22. The predicted octanol–water partition coefficient (Wildman–Crippen LogP) is 5.65. The molecular weight excluding hydrogens is 460 g/mol. The first-order valence-electron chi connectivity index (χ1n) is 10.5. The molecule has 2 N–H and O–H groups in total. The maximum atomic E-state index is 13.1. The number of anilines is 1. The van der Waals surface area contributed by atoms with Crippen LogP contribution >= 0.6 is 11.6 Å². The lowest BCUT2D eigenvalue weighted by Gasteiger charge is -2.18. The van der Waals surface area contributed by atoms with Crippen LogP contribution < -0.4 is 14.8 Å². The zero-order chi connectivity index (χ0) is 24.2. The van der Waals surface area contributed by atoms with E-state index in [9.17, 15) is 13.2 Å². The number of nitrogens with one attached hydrogen (secondary N) is 2. The van der Waals surface area contributed by atoms with Crippen molar-refractivity contribution in [3.63, 3.8) is 0 Å². The van der Waals surface area contributed by atoms with Gasteiger partial charge in [-0.15, -0.1) is 0 Å². The van der Waals surface area contributed by atoms with Gasteiger partial charge in [0.25, 0.3) is 15.9 Å². The number of carbonyl (C=O) groups excluding carboxylic acids is 1. The van der Waals surface area contributed by atoms with Crippen molar-refractivity contribution in [2.75, 3.05) is 11.8 Å². The molecule has 174 valence electrons. The first kappa shape index (κ1) is 24.6. The highest BCUT2D eigenvalue weighted by Gasteiger charge is 2.22. The molecule has 0 bridgehead atoms. The maximum Gasteiger partial charge on any atom is 0.263 e. The molecule has 0 unspecified atom stereocenters. The second kappa shape index (κ2) is 10.3. The highest BCUT2D eigenvalue weighted by molar-refractivity contribution is 7.92.